The first kappa shape index (κ1) is 11.0. The molecule has 2 aliphatic heterocycles. The van der Waals surface area contributed by atoms with Crippen molar-refractivity contribution in [3.05, 3.63) is 12.2 Å². The number of allylic oxidation sites excluding steroid dienone is 2. The minimum atomic E-state index is -0.0740. The number of carbonyl (C=O) groups excluding carboxylic acids is 2. The molecule has 1 aliphatic carbocycles. The summed E-state index contributed by atoms with van der Waals surface area (Å²) in [6, 6.07) is 0. The monoisotopic (exact) mass is 234 g/mol. The van der Waals surface area contributed by atoms with Crippen LogP contribution in [0.1, 0.15) is 25.7 Å². The van der Waals surface area contributed by atoms with E-state index in [-0.39, 0.29) is 23.7 Å². The van der Waals surface area contributed by atoms with Gasteiger partial charge in [0, 0.05) is 0 Å². The van der Waals surface area contributed by atoms with Crippen molar-refractivity contribution in [3.8, 4) is 0 Å². The predicted molar refractivity (Wildman–Crippen MR) is 62.9 cm³/mol. The quantitative estimate of drug-likeness (QED) is 0.528. The van der Waals surface area contributed by atoms with Crippen molar-refractivity contribution in [2.45, 2.75) is 25.7 Å². The minimum Gasteiger partial charge on any atom is -0.286 e. The van der Waals surface area contributed by atoms with Crippen LogP contribution in [0, 0.1) is 11.8 Å². The molecule has 17 heavy (non-hydrogen) atoms. The van der Waals surface area contributed by atoms with Gasteiger partial charge >= 0.3 is 0 Å². The highest BCUT2D eigenvalue weighted by molar-refractivity contribution is 6.05. The first-order valence-corrected chi connectivity index (χ1v) is 6.50. The van der Waals surface area contributed by atoms with Gasteiger partial charge in [-0.3, -0.25) is 19.4 Å². The van der Waals surface area contributed by atoms with Gasteiger partial charge in [0.25, 0.3) is 0 Å². The Hall–Kier alpha value is -1.16. The number of imide groups is 1. The summed E-state index contributed by atoms with van der Waals surface area (Å²) >= 11 is 0. The van der Waals surface area contributed by atoms with E-state index in [2.05, 4.69) is 4.90 Å². The number of rotatable bonds is 2. The lowest BCUT2D eigenvalue weighted by Crippen LogP contribution is -2.40. The summed E-state index contributed by atoms with van der Waals surface area (Å²) in [4.78, 5) is 28.1. The van der Waals surface area contributed by atoms with Crippen LogP contribution in [0.4, 0.5) is 0 Å². The van der Waals surface area contributed by atoms with Crippen LogP contribution in [0.2, 0.25) is 0 Å². The second kappa shape index (κ2) is 4.26. The van der Waals surface area contributed by atoms with E-state index in [1.54, 1.807) is 0 Å². The third kappa shape index (κ3) is 1.80. The van der Waals surface area contributed by atoms with Gasteiger partial charge in [-0.15, -0.1) is 0 Å². The molecule has 2 atom stereocenters. The van der Waals surface area contributed by atoms with Gasteiger partial charge in [-0.05, 0) is 38.8 Å². The number of hydrogen-bond donors (Lipinski definition) is 0. The second-order valence-electron chi connectivity index (χ2n) is 5.23. The Balaban J connectivity index is 1.73. The van der Waals surface area contributed by atoms with Crippen molar-refractivity contribution in [1.82, 2.24) is 9.80 Å². The molecule has 2 saturated heterocycles. The van der Waals surface area contributed by atoms with Gasteiger partial charge < -0.3 is 0 Å². The molecule has 3 aliphatic rings. The van der Waals surface area contributed by atoms with Gasteiger partial charge in [-0.1, -0.05) is 12.2 Å². The van der Waals surface area contributed by atoms with Gasteiger partial charge in [0.05, 0.1) is 18.5 Å². The van der Waals surface area contributed by atoms with Gasteiger partial charge in [0.2, 0.25) is 11.8 Å². The zero-order valence-corrected chi connectivity index (χ0v) is 9.97. The molecule has 0 aromatic rings. The Labute approximate surface area is 101 Å². The average molecular weight is 234 g/mol. The first-order valence-electron chi connectivity index (χ1n) is 6.50. The second-order valence-corrected chi connectivity index (χ2v) is 5.23. The summed E-state index contributed by atoms with van der Waals surface area (Å²) in [6.07, 6.45) is 7.92. The molecule has 4 nitrogen and oxygen atoms in total. The number of nitrogens with zero attached hydrogens (tertiary/aromatic N) is 2. The Morgan fingerprint density at radius 2 is 1.53 bits per heavy atom. The molecule has 2 amide bonds. The van der Waals surface area contributed by atoms with E-state index in [1.807, 2.05) is 12.2 Å². The van der Waals surface area contributed by atoms with Crippen molar-refractivity contribution in [3.63, 3.8) is 0 Å². The Kier molecular flexibility index (Phi) is 2.74. The van der Waals surface area contributed by atoms with E-state index in [9.17, 15) is 9.59 Å². The maximum absolute atomic E-state index is 12.2. The highest BCUT2D eigenvalue weighted by Gasteiger charge is 2.47. The van der Waals surface area contributed by atoms with Crippen LogP contribution in [-0.2, 0) is 9.59 Å². The third-order valence-electron chi connectivity index (χ3n) is 4.14. The largest absolute Gasteiger partial charge is 0.286 e. The van der Waals surface area contributed by atoms with Crippen molar-refractivity contribution in [2.75, 3.05) is 19.8 Å². The van der Waals surface area contributed by atoms with Crippen LogP contribution in [0.25, 0.3) is 0 Å². The molecular formula is C13H18N2O2. The van der Waals surface area contributed by atoms with Gasteiger partial charge in [0.15, 0.2) is 0 Å². The lowest BCUT2D eigenvalue weighted by Gasteiger charge is -2.22. The van der Waals surface area contributed by atoms with Crippen molar-refractivity contribution >= 4 is 11.8 Å². The van der Waals surface area contributed by atoms with E-state index in [0.29, 0.717) is 6.67 Å². The molecule has 2 fully saturated rings. The summed E-state index contributed by atoms with van der Waals surface area (Å²) in [5, 5.41) is 0. The fourth-order valence-electron chi connectivity index (χ4n) is 3.13. The summed E-state index contributed by atoms with van der Waals surface area (Å²) in [6.45, 7) is 2.56. The van der Waals surface area contributed by atoms with Crippen molar-refractivity contribution in [1.29, 1.82) is 0 Å². The molecule has 0 aromatic heterocycles. The zero-order valence-electron chi connectivity index (χ0n) is 9.97. The maximum Gasteiger partial charge on any atom is 0.234 e. The molecule has 4 heteroatoms. The number of amides is 2. The lowest BCUT2D eigenvalue weighted by molar-refractivity contribution is -0.142. The van der Waals surface area contributed by atoms with Crippen LogP contribution in [0.5, 0.6) is 0 Å². The van der Waals surface area contributed by atoms with Crippen LogP contribution in [0.3, 0.4) is 0 Å². The topological polar surface area (TPSA) is 40.6 Å². The lowest BCUT2D eigenvalue weighted by atomic mass is 9.85. The highest BCUT2D eigenvalue weighted by Crippen LogP contribution is 2.35. The molecule has 3 rings (SSSR count). The predicted octanol–water partition coefficient (Wildman–Crippen LogP) is 0.991. The van der Waals surface area contributed by atoms with Gasteiger partial charge in [-0.2, -0.15) is 0 Å². The van der Waals surface area contributed by atoms with E-state index < -0.39 is 0 Å². The summed E-state index contributed by atoms with van der Waals surface area (Å²) in [5.41, 5.74) is 0. The Morgan fingerprint density at radius 1 is 1.00 bits per heavy atom. The number of hydrogen-bond acceptors (Lipinski definition) is 3. The van der Waals surface area contributed by atoms with Crippen molar-refractivity contribution in [2.24, 2.45) is 11.8 Å². The molecule has 0 spiro atoms. The van der Waals surface area contributed by atoms with E-state index in [0.717, 1.165) is 25.9 Å². The zero-order chi connectivity index (χ0) is 11.8. The molecule has 0 radical (unpaired) electrons. The normalized spacial score (nSPS) is 33.5. The fourth-order valence-corrected chi connectivity index (χ4v) is 3.13. The SMILES string of the molecule is O=C1C2CC=CCC2C(=O)N1CN1CCCC1. The Morgan fingerprint density at radius 3 is 2.06 bits per heavy atom. The highest BCUT2D eigenvalue weighted by atomic mass is 16.2. The van der Waals surface area contributed by atoms with E-state index in [1.165, 1.54) is 17.7 Å². The molecule has 0 N–H and O–H groups in total. The van der Waals surface area contributed by atoms with Crippen molar-refractivity contribution < 1.29 is 9.59 Å². The van der Waals surface area contributed by atoms with E-state index in [4.69, 9.17) is 0 Å². The minimum absolute atomic E-state index is 0.0521. The number of fused-ring (bicyclic) bond motifs is 1. The van der Waals surface area contributed by atoms with E-state index >= 15 is 0 Å². The number of carbonyl (C=O) groups is 2. The van der Waals surface area contributed by atoms with Gasteiger partial charge in [-0.25, -0.2) is 0 Å². The fraction of sp³-hybridized carbons (Fsp3) is 0.692. The smallest absolute Gasteiger partial charge is 0.234 e. The first-order chi connectivity index (χ1) is 8.27. The third-order valence-corrected chi connectivity index (χ3v) is 4.14. The molecular weight excluding hydrogens is 216 g/mol. The molecule has 0 saturated carbocycles. The van der Waals surface area contributed by atoms with Crippen LogP contribution >= 0.6 is 0 Å². The molecule has 2 heterocycles. The molecule has 2 unspecified atom stereocenters. The van der Waals surface area contributed by atoms with Crippen LogP contribution in [0.15, 0.2) is 12.2 Å². The summed E-state index contributed by atoms with van der Waals surface area (Å²) in [5.74, 6) is -0.0438. The standard InChI is InChI=1S/C13H18N2O2/c16-12-10-5-1-2-6-11(10)13(17)15(12)9-14-7-3-4-8-14/h1-2,10-11H,3-9H2. The molecule has 92 valence electrons. The van der Waals surface area contributed by atoms with Gasteiger partial charge in [0.1, 0.15) is 0 Å². The Bertz CT molecular complexity index is 346. The molecule has 0 aromatic carbocycles. The summed E-state index contributed by atoms with van der Waals surface area (Å²) in [7, 11) is 0. The van der Waals surface area contributed by atoms with Crippen LogP contribution in [-0.4, -0.2) is 41.4 Å². The average Bonchev–Trinajstić information content (AvgIpc) is 2.94. The molecule has 0 bridgehead atoms. The van der Waals surface area contributed by atoms with Crippen LogP contribution < -0.4 is 0 Å². The summed E-state index contributed by atoms with van der Waals surface area (Å²) < 4.78 is 0. The maximum atomic E-state index is 12.2. The number of likely N-dealkylation sites (tertiary alicyclic amines) is 2.